The Bertz CT molecular complexity index is 1140. The molecule has 0 bridgehead atoms. The molecular formula is C28H35NO6. The van der Waals surface area contributed by atoms with E-state index in [9.17, 15) is 14.7 Å². The van der Waals surface area contributed by atoms with Gasteiger partial charge < -0.3 is 24.2 Å². The number of Topliss-reactive ketones (excluding diaryl/α,β-unsaturated/α-hetero) is 1. The summed E-state index contributed by atoms with van der Waals surface area (Å²) in [6.45, 7) is 8.55. The summed E-state index contributed by atoms with van der Waals surface area (Å²) < 4.78 is 16.6. The van der Waals surface area contributed by atoms with E-state index in [1.165, 1.54) is 26.2 Å². The summed E-state index contributed by atoms with van der Waals surface area (Å²) in [6.07, 6.45) is 1.55. The zero-order chi connectivity index (χ0) is 25.9. The molecule has 2 aromatic carbocycles. The first kappa shape index (κ1) is 26.1. The van der Waals surface area contributed by atoms with E-state index < -0.39 is 17.7 Å². The molecule has 3 rings (SSSR count). The number of nitrogens with zero attached hydrogens (tertiary/aromatic N) is 1. The van der Waals surface area contributed by atoms with Crippen LogP contribution in [-0.2, 0) is 15.0 Å². The Hall–Kier alpha value is -3.48. The molecule has 1 amide bonds. The van der Waals surface area contributed by atoms with Gasteiger partial charge in [-0.3, -0.25) is 9.59 Å². The molecule has 0 aliphatic carbocycles. The number of methoxy groups -OCH3 is 3. The molecule has 35 heavy (non-hydrogen) atoms. The maximum Gasteiger partial charge on any atom is 0.295 e. The summed E-state index contributed by atoms with van der Waals surface area (Å²) in [5.74, 6) is -0.382. The number of hydrogen-bond donors (Lipinski definition) is 1. The molecule has 1 unspecified atom stereocenters. The molecule has 0 spiro atoms. The topological polar surface area (TPSA) is 85.3 Å². The van der Waals surface area contributed by atoms with Gasteiger partial charge in [-0.25, -0.2) is 0 Å². The van der Waals surface area contributed by atoms with Crippen LogP contribution in [0.15, 0.2) is 42.0 Å². The van der Waals surface area contributed by atoms with E-state index in [-0.39, 0.29) is 16.7 Å². The van der Waals surface area contributed by atoms with Crippen molar-refractivity contribution in [3.8, 4) is 17.2 Å². The third-order valence-corrected chi connectivity index (χ3v) is 6.34. The number of unbranched alkanes of at least 4 members (excludes halogenated alkanes) is 1. The third kappa shape index (κ3) is 4.85. The largest absolute Gasteiger partial charge is 0.507 e. The van der Waals surface area contributed by atoms with Crippen molar-refractivity contribution < 1.29 is 28.9 Å². The molecule has 1 atom stereocenters. The number of carbonyl (C=O) groups is 2. The standard InChI is InChI=1S/C28H35NO6/c1-8-9-15-29-23(18-11-10-12-21(34-6)26(18)35-7)22(25(31)27(29)32)24(30)19-16-17(28(2,3)4)13-14-20(19)33-5/h10-14,16,23,30H,8-9,15H2,1-7H3/b24-22+. The fourth-order valence-electron chi connectivity index (χ4n) is 4.39. The van der Waals surface area contributed by atoms with Crippen LogP contribution in [0.2, 0.25) is 0 Å². The molecule has 1 N–H and O–H groups in total. The van der Waals surface area contributed by atoms with E-state index >= 15 is 0 Å². The molecule has 7 heteroatoms. The first-order valence-electron chi connectivity index (χ1n) is 11.8. The van der Waals surface area contributed by atoms with Crippen molar-refractivity contribution >= 4 is 17.4 Å². The second-order valence-corrected chi connectivity index (χ2v) is 9.59. The highest BCUT2D eigenvalue weighted by atomic mass is 16.5. The predicted octanol–water partition coefficient (Wildman–Crippen LogP) is 5.23. The van der Waals surface area contributed by atoms with Gasteiger partial charge >= 0.3 is 0 Å². The summed E-state index contributed by atoms with van der Waals surface area (Å²) in [5.41, 5.74) is 1.68. The number of carbonyl (C=O) groups excluding carboxylic acids is 2. The van der Waals surface area contributed by atoms with Gasteiger partial charge in [-0.2, -0.15) is 0 Å². The lowest BCUT2D eigenvalue weighted by Gasteiger charge is -2.27. The quantitative estimate of drug-likeness (QED) is 0.316. The molecule has 7 nitrogen and oxygen atoms in total. The summed E-state index contributed by atoms with van der Waals surface area (Å²) in [5, 5.41) is 11.6. The normalized spacial score (nSPS) is 17.6. The molecular weight excluding hydrogens is 446 g/mol. The van der Waals surface area contributed by atoms with Gasteiger partial charge in [-0.15, -0.1) is 0 Å². The maximum atomic E-state index is 13.4. The number of rotatable bonds is 8. The SMILES string of the molecule is CCCCN1C(=O)C(=O)/C(=C(/O)c2cc(C(C)(C)C)ccc2OC)C1c1cccc(OC)c1OC. The van der Waals surface area contributed by atoms with E-state index in [0.717, 1.165) is 12.0 Å². The molecule has 1 heterocycles. The van der Waals surface area contributed by atoms with Crippen molar-refractivity contribution in [3.05, 3.63) is 58.7 Å². The van der Waals surface area contributed by atoms with Crippen LogP contribution in [-0.4, -0.2) is 49.6 Å². The molecule has 0 aromatic heterocycles. The number of ketones is 1. The van der Waals surface area contributed by atoms with Gasteiger partial charge in [-0.1, -0.05) is 52.3 Å². The Balaban J connectivity index is 2.34. The maximum absolute atomic E-state index is 13.4. The number of likely N-dealkylation sites (tertiary alicyclic amines) is 1. The van der Waals surface area contributed by atoms with E-state index in [4.69, 9.17) is 14.2 Å². The lowest BCUT2D eigenvalue weighted by atomic mass is 9.85. The van der Waals surface area contributed by atoms with Crippen LogP contribution in [0, 0.1) is 0 Å². The van der Waals surface area contributed by atoms with Crippen LogP contribution in [0.4, 0.5) is 0 Å². The lowest BCUT2D eigenvalue weighted by Crippen LogP contribution is -2.30. The number of aliphatic hydroxyl groups is 1. The van der Waals surface area contributed by atoms with Gasteiger partial charge in [0.05, 0.1) is 38.5 Å². The van der Waals surface area contributed by atoms with Crippen LogP contribution >= 0.6 is 0 Å². The van der Waals surface area contributed by atoms with Crippen molar-refractivity contribution in [2.24, 2.45) is 0 Å². The van der Waals surface area contributed by atoms with Crippen molar-refractivity contribution in [1.29, 1.82) is 0 Å². The van der Waals surface area contributed by atoms with Crippen molar-refractivity contribution in [2.45, 2.75) is 52.0 Å². The molecule has 1 fully saturated rings. The van der Waals surface area contributed by atoms with Gasteiger partial charge in [0.25, 0.3) is 11.7 Å². The smallest absolute Gasteiger partial charge is 0.295 e. The van der Waals surface area contributed by atoms with E-state index in [1.807, 2.05) is 19.1 Å². The van der Waals surface area contributed by atoms with Crippen molar-refractivity contribution in [1.82, 2.24) is 4.90 Å². The first-order valence-corrected chi connectivity index (χ1v) is 11.8. The summed E-state index contributed by atoms with van der Waals surface area (Å²) in [4.78, 5) is 28.1. The lowest BCUT2D eigenvalue weighted by molar-refractivity contribution is -0.139. The minimum atomic E-state index is -0.838. The number of aliphatic hydroxyl groups excluding tert-OH is 1. The van der Waals surface area contributed by atoms with Gasteiger partial charge in [0.15, 0.2) is 11.5 Å². The number of ether oxygens (including phenoxy) is 3. The molecule has 0 radical (unpaired) electrons. The van der Waals surface area contributed by atoms with Gasteiger partial charge in [0.1, 0.15) is 11.5 Å². The molecule has 1 aliphatic heterocycles. The monoisotopic (exact) mass is 481 g/mol. The zero-order valence-corrected chi connectivity index (χ0v) is 21.6. The molecule has 0 saturated carbocycles. The van der Waals surface area contributed by atoms with Crippen LogP contribution in [0.3, 0.4) is 0 Å². The Morgan fingerprint density at radius 2 is 1.69 bits per heavy atom. The van der Waals surface area contributed by atoms with Crippen molar-refractivity contribution in [2.75, 3.05) is 27.9 Å². The Kier molecular flexibility index (Phi) is 7.78. The fraction of sp³-hybridized carbons (Fsp3) is 0.429. The average molecular weight is 482 g/mol. The fourth-order valence-corrected chi connectivity index (χ4v) is 4.39. The van der Waals surface area contributed by atoms with Crippen LogP contribution < -0.4 is 14.2 Å². The van der Waals surface area contributed by atoms with Crippen molar-refractivity contribution in [3.63, 3.8) is 0 Å². The van der Waals surface area contributed by atoms with Crippen LogP contribution in [0.5, 0.6) is 17.2 Å². The van der Waals surface area contributed by atoms with E-state index in [1.54, 1.807) is 24.3 Å². The number of benzene rings is 2. The zero-order valence-electron chi connectivity index (χ0n) is 21.6. The third-order valence-electron chi connectivity index (χ3n) is 6.34. The highest BCUT2D eigenvalue weighted by Crippen LogP contribution is 2.46. The number of amides is 1. The van der Waals surface area contributed by atoms with Crippen LogP contribution in [0.25, 0.3) is 5.76 Å². The van der Waals surface area contributed by atoms with E-state index in [0.29, 0.717) is 41.3 Å². The highest BCUT2D eigenvalue weighted by molar-refractivity contribution is 6.46. The highest BCUT2D eigenvalue weighted by Gasteiger charge is 2.47. The van der Waals surface area contributed by atoms with Crippen LogP contribution in [0.1, 0.15) is 63.3 Å². The summed E-state index contributed by atoms with van der Waals surface area (Å²) in [6, 6.07) is 9.98. The Morgan fingerprint density at radius 3 is 2.26 bits per heavy atom. The predicted molar refractivity (Wildman–Crippen MR) is 135 cm³/mol. The molecule has 1 aliphatic rings. The molecule has 2 aromatic rings. The first-order chi connectivity index (χ1) is 16.6. The Labute approximate surface area is 207 Å². The number of hydrogen-bond acceptors (Lipinski definition) is 6. The van der Waals surface area contributed by atoms with Gasteiger partial charge in [-0.05, 0) is 35.6 Å². The second kappa shape index (κ2) is 10.4. The van der Waals surface area contributed by atoms with Gasteiger partial charge in [0, 0.05) is 12.1 Å². The minimum absolute atomic E-state index is 0.00187. The second-order valence-electron chi connectivity index (χ2n) is 9.59. The Morgan fingerprint density at radius 1 is 1.00 bits per heavy atom. The molecule has 188 valence electrons. The average Bonchev–Trinajstić information content (AvgIpc) is 3.09. The number of para-hydroxylation sites is 1. The van der Waals surface area contributed by atoms with Gasteiger partial charge in [0.2, 0.25) is 0 Å². The summed E-state index contributed by atoms with van der Waals surface area (Å²) in [7, 11) is 4.54. The van der Waals surface area contributed by atoms with E-state index in [2.05, 4.69) is 20.8 Å². The minimum Gasteiger partial charge on any atom is -0.507 e. The molecule has 1 saturated heterocycles. The summed E-state index contributed by atoms with van der Waals surface area (Å²) >= 11 is 0.